The minimum absolute atomic E-state index is 1.10. The van der Waals surface area contributed by atoms with E-state index in [9.17, 15) is 18.0 Å². The molecule has 0 aliphatic carbocycles. The summed E-state index contributed by atoms with van der Waals surface area (Å²) < 4.78 is 29.1. The van der Waals surface area contributed by atoms with E-state index < -0.39 is 39.8 Å². The molecule has 0 radical (unpaired) electrons. The largest absolute Gasteiger partial charge is 0.481 e. The Kier molecular flexibility index (Phi) is 3.57. The average molecular weight is 227 g/mol. The van der Waals surface area contributed by atoms with Gasteiger partial charge in [0.2, 0.25) is 0 Å². The summed E-state index contributed by atoms with van der Waals surface area (Å²) in [5.41, 5.74) is 2.49. The highest BCUT2D eigenvalue weighted by atomic mass is 32.2. The van der Waals surface area contributed by atoms with Crippen LogP contribution in [0.5, 0.6) is 0 Å². The molecule has 0 saturated heterocycles. The maximum atomic E-state index is 10.5. The lowest BCUT2D eigenvalue weighted by molar-refractivity contribution is -0.148. The molecule has 0 bridgehead atoms. The highest BCUT2D eigenvalue weighted by molar-refractivity contribution is 7.85. The molecule has 82 valence electrons. The van der Waals surface area contributed by atoms with Crippen molar-refractivity contribution in [2.24, 2.45) is 5.73 Å². The number of nitrogens with two attached hydrogens (primary N) is 1. The van der Waals surface area contributed by atoms with Crippen LogP contribution in [0.25, 0.3) is 0 Å². The molecule has 9 heteroatoms. The molecule has 0 aromatic heterocycles. The Morgan fingerprint density at radius 3 is 1.93 bits per heavy atom. The third kappa shape index (κ3) is 4.16. The molecule has 0 aliphatic rings. The molecule has 0 saturated carbocycles. The van der Waals surface area contributed by atoms with Gasteiger partial charge in [-0.05, 0) is 0 Å². The van der Waals surface area contributed by atoms with Gasteiger partial charge in [0, 0.05) is 0 Å². The number of carboxylic acid groups (broad SMARTS) is 2. The molecular formula is C5H9NO7S. The van der Waals surface area contributed by atoms with E-state index in [1.165, 1.54) is 0 Å². The molecule has 1 unspecified atom stereocenters. The van der Waals surface area contributed by atoms with Gasteiger partial charge in [-0.25, -0.2) is 0 Å². The lowest BCUT2D eigenvalue weighted by Gasteiger charge is -2.20. The van der Waals surface area contributed by atoms with Crippen molar-refractivity contribution in [2.45, 2.75) is 12.0 Å². The van der Waals surface area contributed by atoms with Gasteiger partial charge >= 0.3 is 11.9 Å². The van der Waals surface area contributed by atoms with Crippen molar-refractivity contribution < 1.29 is 32.8 Å². The molecule has 5 N–H and O–H groups in total. The van der Waals surface area contributed by atoms with Crippen molar-refractivity contribution in [2.75, 3.05) is 5.75 Å². The quantitative estimate of drug-likeness (QED) is 0.398. The fourth-order valence-electron chi connectivity index (χ4n) is 0.784. The lowest BCUT2D eigenvalue weighted by atomic mass is 10.00. The predicted molar refractivity (Wildman–Crippen MR) is 43.2 cm³/mol. The number of carbonyl (C=O) groups is 2. The van der Waals surface area contributed by atoms with E-state index in [-0.39, 0.29) is 0 Å². The first-order valence-corrected chi connectivity index (χ1v) is 4.87. The fraction of sp³-hybridized carbons (Fsp3) is 0.600. The Labute approximate surface area is 79.1 Å². The second kappa shape index (κ2) is 3.90. The van der Waals surface area contributed by atoms with Crippen LogP contribution in [0.3, 0.4) is 0 Å². The van der Waals surface area contributed by atoms with E-state index in [0.717, 1.165) is 0 Å². The van der Waals surface area contributed by atoms with Crippen LogP contribution in [0.4, 0.5) is 0 Å². The topological polar surface area (TPSA) is 155 Å². The summed E-state index contributed by atoms with van der Waals surface area (Å²) in [5.74, 6) is -4.72. The molecule has 0 spiro atoms. The molecule has 8 nitrogen and oxygen atoms in total. The van der Waals surface area contributed by atoms with Crippen LogP contribution in [0.1, 0.15) is 6.42 Å². The van der Waals surface area contributed by atoms with Gasteiger partial charge in [0.05, 0.1) is 6.42 Å². The van der Waals surface area contributed by atoms with E-state index >= 15 is 0 Å². The SMILES string of the molecule is NC(CC(=O)O)(CS(=O)(=O)O)C(=O)O. The summed E-state index contributed by atoms with van der Waals surface area (Å²) >= 11 is 0. The summed E-state index contributed by atoms with van der Waals surface area (Å²) in [5, 5.41) is 16.8. The number of hydrogen-bond donors (Lipinski definition) is 4. The molecular weight excluding hydrogens is 218 g/mol. The number of aliphatic carboxylic acids is 2. The van der Waals surface area contributed by atoms with Crippen LogP contribution in [-0.2, 0) is 19.7 Å². The summed E-state index contributed by atoms with van der Waals surface area (Å²) in [6.07, 6.45) is -1.10. The van der Waals surface area contributed by atoms with Crippen LogP contribution in [0, 0.1) is 0 Å². The van der Waals surface area contributed by atoms with E-state index in [2.05, 4.69) is 0 Å². The first-order chi connectivity index (χ1) is 6.07. The molecule has 0 fully saturated rings. The third-order valence-electron chi connectivity index (χ3n) is 1.33. The van der Waals surface area contributed by atoms with Gasteiger partial charge in [0.1, 0.15) is 11.3 Å². The van der Waals surface area contributed by atoms with Gasteiger partial charge in [-0.15, -0.1) is 0 Å². The number of hydrogen-bond acceptors (Lipinski definition) is 5. The predicted octanol–water partition coefficient (Wildman–Crippen LogP) is -1.87. The molecule has 0 aromatic rings. The molecule has 1 atom stereocenters. The minimum Gasteiger partial charge on any atom is -0.481 e. The lowest BCUT2D eigenvalue weighted by Crippen LogP contribution is -2.54. The molecule has 0 heterocycles. The van der Waals surface area contributed by atoms with Crippen molar-refractivity contribution in [3.63, 3.8) is 0 Å². The molecule has 14 heavy (non-hydrogen) atoms. The summed E-state index contributed by atoms with van der Waals surface area (Å²) in [4.78, 5) is 20.7. The monoisotopic (exact) mass is 227 g/mol. The van der Waals surface area contributed by atoms with Crippen molar-refractivity contribution in [1.82, 2.24) is 0 Å². The van der Waals surface area contributed by atoms with Gasteiger partial charge in [0.15, 0.2) is 0 Å². The van der Waals surface area contributed by atoms with Crippen LogP contribution in [-0.4, -0.2) is 46.4 Å². The second-order valence-corrected chi connectivity index (χ2v) is 4.21. The Morgan fingerprint density at radius 2 is 1.71 bits per heavy atom. The molecule has 0 aromatic carbocycles. The van der Waals surface area contributed by atoms with E-state index in [1.807, 2.05) is 0 Å². The van der Waals surface area contributed by atoms with Gasteiger partial charge in [-0.1, -0.05) is 0 Å². The fourth-order valence-corrected chi connectivity index (χ4v) is 1.66. The molecule has 0 amide bonds. The van der Waals surface area contributed by atoms with E-state index in [1.54, 1.807) is 0 Å². The number of rotatable bonds is 5. The summed E-state index contributed by atoms with van der Waals surface area (Å²) in [6, 6.07) is 0. The van der Waals surface area contributed by atoms with Crippen LogP contribution < -0.4 is 5.73 Å². The highest BCUT2D eigenvalue weighted by Gasteiger charge is 2.40. The van der Waals surface area contributed by atoms with Crippen molar-refractivity contribution in [3.8, 4) is 0 Å². The normalized spacial score (nSPS) is 15.9. The summed E-state index contributed by atoms with van der Waals surface area (Å²) in [7, 11) is -4.64. The molecule has 0 aliphatic heterocycles. The van der Waals surface area contributed by atoms with Gasteiger partial charge in [0.25, 0.3) is 10.1 Å². The number of carboxylic acids is 2. The van der Waals surface area contributed by atoms with Crippen molar-refractivity contribution >= 4 is 22.1 Å². The zero-order valence-corrected chi connectivity index (χ0v) is 7.69. The maximum Gasteiger partial charge on any atom is 0.325 e. The average Bonchev–Trinajstić information content (AvgIpc) is 1.79. The Bertz CT molecular complexity index is 347. The van der Waals surface area contributed by atoms with Gasteiger partial charge in [-0.2, -0.15) is 8.42 Å². The molecule has 0 rings (SSSR count). The maximum absolute atomic E-state index is 10.5. The minimum atomic E-state index is -4.64. The van der Waals surface area contributed by atoms with E-state index in [0.29, 0.717) is 0 Å². The zero-order chi connectivity index (χ0) is 11.6. The summed E-state index contributed by atoms with van der Waals surface area (Å²) in [6.45, 7) is 0. The van der Waals surface area contributed by atoms with Gasteiger partial charge < -0.3 is 15.9 Å². The van der Waals surface area contributed by atoms with Crippen LogP contribution >= 0.6 is 0 Å². The standard InChI is InChI=1S/C5H9NO7S/c6-5(4(9)10,1-3(7)8)2-14(11,12)13/h1-2,6H2,(H,7,8)(H,9,10)(H,11,12,13). The second-order valence-electron chi connectivity index (χ2n) is 2.76. The Hall–Kier alpha value is -1.19. The first-order valence-electron chi connectivity index (χ1n) is 3.26. The Morgan fingerprint density at radius 1 is 1.29 bits per heavy atom. The third-order valence-corrected chi connectivity index (χ3v) is 2.21. The van der Waals surface area contributed by atoms with E-state index in [4.69, 9.17) is 20.5 Å². The first kappa shape index (κ1) is 12.8. The van der Waals surface area contributed by atoms with Crippen LogP contribution in [0.2, 0.25) is 0 Å². The Balaban J connectivity index is 4.92. The van der Waals surface area contributed by atoms with Crippen molar-refractivity contribution in [3.05, 3.63) is 0 Å². The van der Waals surface area contributed by atoms with Crippen LogP contribution in [0.15, 0.2) is 0 Å². The zero-order valence-electron chi connectivity index (χ0n) is 6.87. The smallest absolute Gasteiger partial charge is 0.325 e. The van der Waals surface area contributed by atoms with Gasteiger partial charge in [-0.3, -0.25) is 14.1 Å². The van der Waals surface area contributed by atoms with Crippen molar-refractivity contribution in [1.29, 1.82) is 0 Å². The highest BCUT2D eigenvalue weighted by Crippen LogP contribution is 2.10.